The number of hydrogen-bond donors (Lipinski definition) is 4. The summed E-state index contributed by atoms with van der Waals surface area (Å²) in [5, 5.41) is 29.2. The molecule has 0 radical (unpaired) electrons. The summed E-state index contributed by atoms with van der Waals surface area (Å²) in [7, 11) is 0. The zero-order valence-electron chi connectivity index (χ0n) is 22.5. The number of nitrogens with zero attached hydrogens (tertiary/aromatic N) is 3. The molecule has 9 nitrogen and oxygen atoms in total. The van der Waals surface area contributed by atoms with Crippen molar-refractivity contribution in [3.05, 3.63) is 47.2 Å². The number of nitriles is 1. The van der Waals surface area contributed by atoms with Gasteiger partial charge in [0.1, 0.15) is 23.1 Å². The van der Waals surface area contributed by atoms with Crippen molar-refractivity contribution in [1.82, 2.24) is 15.3 Å². The number of rotatable bonds is 8. The summed E-state index contributed by atoms with van der Waals surface area (Å²) in [5.41, 5.74) is 1.87. The van der Waals surface area contributed by atoms with Crippen LogP contribution < -0.4 is 16.0 Å². The van der Waals surface area contributed by atoms with E-state index in [1.54, 1.807) is 6.20 Å². The molecule has 1 heterocycles. The lowest BCUT2D eigenvalue weighted by molar-refractivity contribution is -0.0703. The lowest BCUT2D eigenvalue weighted by Crippen LogP contribution is -2.60. The topological polar surface area (TPSA) is 132 Å². The van der Waals surface area contributed by atoms with Gasteiger partial charge in [-0.25, -0.2) is 9.78 Å². The van der Waals surface area contributed by atoms with E-state index in [2.05, 4.69) is 32.0 Å². The Morgan fingerprint density at radius 3 is 2.53 bits per heavy atom. The SMILES string of the molecule is CC(C)(C)OC(=O)NC1[C@@H]2CC3C[C@H]1CC(CNc1nc(NCc4ccccc4CO)ncc1C#N)(C3)C2. The molecule has 1 aromatic heterocycles. The Balaban J connectivity index is 1.24. The summed E-state index contributed by atoms with van der Waals surface area (Å²) in [6.45, 7) is 6.86. The quantitative estimate of drug-likeness (QED) is 0.399. The normalized spacial score (nSPS) is 27.4. The number of carbonyl (C=O) groups is 1. The first-order valence-corrected chi connectivity index (χ1v) is 13.6. The predicted molar refractivity (Wildman–Crippen MR) is 144 cm³/mol. The van der Waals surface area contributed by atoms with Gasteiger partial charge >= 0.3 is 6.09 Å². The summed E-state index contributed by atoms with van der Waals surface area (Å²) < 4.78 is 5.55. The largest absolute Gasteiger partial charge is 0.444 e. The number of hydrogen-bond acceptors (Lipinski definition) is 8. The molecule has 4 fully saturated rings. The first-order chi connectivity index (χ1) is 18.2. The number of alkyl carbamates (subject to hydrolysis) is 1. The van der Waals surface area contributed by atoms with Gasteiger partial charge in [0, 0.05) is 19.1 Å². The first kappa shape index (κ1) is 26.2. The Morgan fingerprint density at radius 1 is 1.16 bits per heavy atom. The molecule has 1 aromatic carbocycles. The van der Waals surface area contributed by atoms with Crippen LogP contribution in [0.2, 0.25) is 0 Å². The van der Waals surface area contributed by atoms with E-state index < -0.39 is 5.60 Å². The van der Waals surface area contributed by atoms with E-state index in [4.69, 9.17) is 4.74 Å². The van der Waals surface area contributed by atoms with Crippen LogP contribution in [-0.4, -0.2) is 39.4 Å². The van der Waals surface area contributed by atoms with E-state index in [9.17, 15) is 15.2 Å². The van der Waals surface area contributed by atoms with Crippen LogP contribution in [0, 0.1) is 34.5 Å². The number of aliphatic hydroxyl groups excluding tert-OH is 1. The van der Waals surface area contributed by atoms with Crippen molar-refractivity contribution < 1.29 is 14.6 Å². The van der Waals surface area contributed by atoms with Crippen molar-refractivity contribution in [3.63, 3.8) is 0 Å². The van der Waals surface area contributed by atoms with Gasteiger partial charge in [-0.1, -0.05) is 24.3 Å². The number of benzene rings is 1. The van der Waals surface area contributed by atoms with E-state index >= 15 is 0 Å². The van der Waals surface area contributed by atoms with Crippen LogP contribution in [0.15, 0.2) is 30.5 Å². The lowest BCUT2D eigenvalue weighted by atomic mass is 9.48. The van der Waals surface area contributed by atoms with Crippen LogP contribution in [0.3, 0.4) is 0 Å². The molecule has 0 aliphatic heterocycles. The van der Waals surface area contributed by atoms with Crippen molar-refractivity contribution in [2.75, 3.05) is 17.2 Å². The third-order valence-corrected chi connectivity index (χ3v) is 8.35. The molecule has 4 aliphatic rings. The van der Waals surface area contributed by atoms with Crippen molar-refractivity contribution in [2.24, 2.45) is 23.2 Å². The van der Waals surface area contributed by atoms with Crippen LogP contribution >= 0.6 is 0 Å². The molecule has 4 aliphatic carbocycles. The van der Waals surface area contributed by atoms with E-state index in [1.165, 1.54) is 6.42 Å². The summed E-state index contributed by atoms with van der Waals surface area (Å²) in [6, 6.07) is 10.1. The molecular weight excluding hydrogens is 480 g/mol. The Morgan fingerprint density at radius 2 is 1.87 bits per heavy atom. The maximum atomic E-state index is 12.5. The summed E-state index contributed by atoms with van der Waals surface area (Å²) in [5.74, 6) is 2.54. The standard InChI is InChI=1S/C29H38N6O3/c1-28(2,3)38-27(37)34-24-21-8-18-9-22(24)12-29(10-18,11-21)17-33-25-23(13-30)15-32-26(35-25)31-14-19-6-4-5-7-20(19)16-36/h4-7,15,18,21-22,24,36H,8-12,14,16-17H2,1-3H3,(H,34,37)(H2,31,32,33,35)/t18?,21-,22+,24?,29?. The fourth-order valence-corrected chi connectivity index (χ4v) is 7.10. The maximum absolute atomic E-state index is 12.5. The zero-order valence-corrected chi connectivity index (χ0v) is 22.5. The number of aliphatic hydroxyl groups is 1. The predicted octanol–water partition coefficient (Wildman–Crippen LogP) is 4.58. The minimum Gasteiger partial charge on any atom is -0.444 e. The molecule has 0 spiro atoms. The molecule has 3 unspecified atom stereocenters. The second-order valence-corrected chi connectivity index (χ2v) is 12.3. The molecule has 38 heavy (non-hydrogen) atoms. The number of carbonyl (C=O) groups excluding carboxylic acids is 1. The minimum absolute atomic E-state index is 0.0297. The molecule has 202 valence electrons. The number of ether oxygens (including phenoxy) is 1. The van der Waals surface area contributed by atoms with E-state index in [1.807, 2.05) is 45.0 Å². The van der Waals surface area contributed by atoms with Crippen LogP contribution in [-0.2, 0) is 17.9 Å². The van der Waals surface area contributed by atoms with Crippen molar-refractivity contribution in [1.29, 1.82) is 5.26 Å². The van der Waals surface area contributed by atoms with Gasteiger partial charge in [0.25, 0.3) is 0 Å². The molecule has 4 saturated carbocycles. The minimum atomic E-state index is -0.507. The van der Waals surface area contributed by atoms with E-state index in [-0.39, 0.29) is 24.2 Å². The van der Waals surface area contributed by atoms with E-state index in [0.29, 0.717) is 41.6 Å². The van der Waals surface area contributed by atoms with Crippen LogP contribution in [0.25, 0.3) is 0 Å². The van der Waals surface area contributed by atoms with Gasteiger partial charge in [0.05, 0.1) is 12.8 Å². The third kappa shape index (κ3) is 5.70. The fourth-order valence-electron chi connectivity index (χ4n) is 7.10. The Hall–Kier alpha value is -3.38. The van der Waals surface area contributed by atoms with Crippen molar-refractivity contribution in [3.8, 4) is 6.07 Å². The zero-order chi connectivity index (χ0) is 26.9. The molecule has 5 atom stereocenters. The lowest BCUT2D eigenvalue weighted by Gasteiger charge is -2.60. The molecule has 9 heteroatoms. The molecule has 0 saturated heterocycles. The van der Waals surface area contributed by atoms with Crippen molar-refractivity contribution >= 4 is 17.9 Å². The number of amides is 1. The molecule has 4 N–H and O–H groups in total. The average molecular weight is 519 g/mol. The Bertz CT molecular complexity index is 1200. The molecular formula is C29H38N6O3. The molecule has 1 amide bonds. The highest BCUT2D eigenvalue weighted by molar-refractivity contribution is 5.68. The first-order valence-electron chi connectivity index (χ1n) is 13.6. The second-order valence-electron chi connectivity index (χ2n) is 12.3. The van der Waals surface area contributed by atoms with Gasteiger partial charge in [-0.2, -0.15) is 10.2 Å². The summed E-state index contributed by atoms with van der Waals surface area (Å²) >= 11 is 0. The Labute approximate surface area is 224 Å². The van der Waals surface area contributed by atoms with Crippen LogP contribution in [0.1, 0.15) is 69.6 Å². The van der Waals surface area contributed by atoms with Crippen molar-refractivity contribution in [2.45, 2.75) is 77.7 Å². The molecule has 4 bridgehead atoms. The van der Waals surface area contributed by atoms with Gasteiger partial charge in [-0.05, 0) is 87.2 Å². The van der Waals surface area contributed by atoms with Gasteiger partial charge in [-0.3, -0.25) is 0 Å². The maximum Gasteiger partial charge on any atom is 0.407 e. The number of anilines is 2. The van der Waals surface area contributed by atoms with Gasteiger partial charge in [-0.15, -0.1) is 0 Å². The fraction of sp³-hybridized carbons (Fsp3) is 0.586. The summed E-state index contributed by atoms with van der Waals surface area (Å²) in [6.07, 6.45) is 6.80. The monoisotopic (exact) mass is 518 g/mol. The van der Waals surface area contributed by atoms with Crippen LogP contribution in [0.4, 0.5) is 16.6 Å². The van der Waals surface area contributed by atoms with Gasteiger partial charge < -0.3 is 25.8 Å². The van der Waals surface area contributed by atoms with Crippen LogP contribution in [0.5, 0.6) is 0 Å². The summed E-state index contributed by atoms with van der Waals surface area (Å²) in [4.78, 5) is 21.5. The second kappa shape index (κ2) is 10.4. The number of aromatic nitrogens is 2. The highest BCUT2D eigenvalue weighted by Crippen LogP contribution is 2.60. The molecule has 6 rings (SSSR count). The third-order valence-electron chi connectivity index (χ3n) is 8.35. The van der Waals surface area contributed by atoms with E-state index in [0.717, 1.165) is 43.4 Å². The smallest absolute Gasteiger partial charge is 0.407 e. The highest BCUT2D eigenvalue weighted by Gasteiger charge is 2.55. The Kier molecular flexibility index (Phi) is 7.19. The van der Waals surface area contributed by atoms with Gasteiger partial charge in [0.15, 0.2) is 0 Å². The molecule has 2 aromatic rings. The highest BCUT2D eigenvalue weighted by atomic mass is 16.6. The average Bonchev–Trinajstić information content (AvgIpc) is 2.87. The number of nitrogens with one attached hydrogen (secondary N) is 3. The van der Waals surface area contributed by atoms with Gasteiger partial charge in [0.2, 0.25) is 5.95 Å².